The molecule has 0 aromatic carbocycles. The number of likely N-dealkylation sites (tertiary alicyclic amines) is 1. The van der Waals surface area contributed by atoms with E-state index in [0.29, 0.717) is 5.91 Å². The highest BCUT2D eigenvalue weighted by Gasteiger charge is 2.34. The van der Waals surface area contributed by atoms with Crippen molar-refractivity contribution in [3.8, 4) is 0 Å². The molecule has 3 rings (SSSR count). The minimum Gasteiger partial charge on any atom is -0.347 e. The lowest BCUT2D eigenvalue weighted by molar-refractivity contribution is -0.138. The van der Waals surface area contributed by atoms with Crippen LogP contribution in [0.2, 0.25) is 0 Å². The molecule has 24 heavy (non-hydrogen) atoms. The lowest BCUT2D eigenvalue weighted by Gasteiger charge is -2.38. The van der Waals surface area contributed by atoms with Crippen LogP contribution in [0.5, 0.6) is 0 Å². The van der Waals surface area contributed by atoms with Gasteiger partial charge in [-0.25, -0.2) is 4.98 Å². The number of hydrogen-bond acceptors (Lipinski definition) is 4. The Bertz CT molecular complexity index is 555. The summed E-state index contributed by atoms with van der Waals surface area (Å²) in [4.78, 5) is 30.9. The highest BCUT2D eigenvalue weighted by Crippen LogP contribution is 2.33. The number of carbonyl (C=O) groups is 2. The normalized spacial score (nSPS) is 23.7. The van der Waals surface area contributed by atoms with Gasteiger partial charge in [0.25, 0.3) is 0 Å². The number of rotatable bonds is 4. The SMILES string of the molecule is CC(=O)NC(c1nccs1)C1CCCN(C(=O)C2CCCCC2)C1. The third kappa shape index (κ3) is 4.15. The Hall–Kier alpha value is -1.43. The summed E-state index contributed by atoms with van der Waals surface area (Å²) in [6.07, 6.45) is 9.53. The van der Waals surface area contributed by atoms with Gasteiger partial charge in [0.05, 0.1) is 6.04 Å². The molecule has 1 saturated carbocycles. The largest absolute Gasteiger partial charge is 0.347 e. The molecule has 0 bridgehead atoms. The van der Waals surface area contributed by atoms with Crippen LogP contribution in [0.1, 0.15) is 62.9 Å². The molecule has 2 atom stereocenters. The Morgan fingerprint density at radius 1 is 1.25 bits per heavy atom. The Morgan fingerprint density at radius 3 is 2.71 bits per heavy atom. The number of nitrogens with one attached hydrogen (secondary N) is 1. The molecule has 2 heterocycles. The fourth-order valence-electron chi connectivity index (χ4n) is 4.08. The number of aromatic nitrogens is 1. The summed E-state index contributed by atoms with van der Waals surface area (Å²) in [6, 6.07) is -0.0792. The average Bonchev–Trinajstić information content (AvgIpc) is 3.14. The fourth-order valence-corrected chi connectivity index (χ4v) is 4.86. The second kappa shape index (κ2) is 8.10. The molecule has 1 saturated heterocycles. The van der Waals surface area contributed by atoms with Crippen LogP contribution in [-0.2, 0) is 9.59 Å². The van der Waals surface area contributed by atoms with Crippen molar-refractivity contribution in [2.75, 3.05) is 13.1 Å². The van der Waals surface area contributed by atoms with E-state index in [1.807, 2.05) is 10.3 Å². The van der Waals surface area contributed by atoms with Crippen molar-refractivity contribution in [2.45, 2.75) is 57.9 Å². The van der Waals surface area contributed by atoms with Gasteiger partial charge in [-0.3, -0.25) is 9.59 Å². The zero-order chi connectivity index (χ0) is 16.9. The van der Waals surface area contributed by atoms with Crippen LogP contribution in [0.3, 0.4) is 0 Å². The van der Waals surface area contributed by atoms with Crippen LogP contribution < -0.4 is 5.32 Å². The predicted octanol–water partition coefficient (Wildman–Crippen LogP) is 3.14. The number of hydrogen-bond donors (Lipinski definition) is 1. The summed E-state index contributed by atoms with van der Waals surface area (Å²) in [5.74, 6) is 0.768. The number of nitrogens with zero attached hydrogens (tertiary/aromatic N) is 2. The second-order valence-corrected chi connectivity index (χ2v) is 8.00. The lowest BCUT2D eigenvalue weighted by Crippen LogP contribution is -2.47. The molecular formula is C18H27N3O2S. The van der Waals surface area contributed by atoms with E-state index < -0.39 is 0 Å². The van der Waals surface area contributed by atoms with Crippen LogP contribution in [0.15, 0.2) is 11.6 Å². The van der Waals surface area contributed by atoms with E-state index in [0.717, 1.165) is 43.8 Å². The molecule has 1 aliphatic carbocycles. The van der Waals surface area contributed by atoms with Gasteiger partial charge < -0.3 is 10.2 Å². The van der Waals surface area contributed by atoms with Crippen molar-refractivity contribution in [3.63, 3.8) is 0 Å². The van der Waals surface area contributed by atoms with E-state index in [1.54, 1.807) is 24.5 Å². The number of carbonyl (C=O) groups excluding carboxylic acids is 2. The van der Waals surface area contributed by atoms with Gasteiger partial charge >= 0.3 is 0 Å². The Labute approximate surface area is 147 Å². The van der Waals surface area contributed by atoms with E-state index >= 15 is 0 Å². The molecule has 0 spiro atoms. The summed E-state index contributed by atoms with van der Waals surface area (Å²) in [5.41, 5.74) is 0. The minimum atomic E-state index is -0.0792. The summed E-state index contributed by atoms with van der Waals surface area (Å²) in [7, 11) is 0. The van der Waals surface area contributed by atoms with Crippen molar-refractivity contribution in [3.05, 3.63) is 16.6 Å². The fraction of sp³-hybridized carbons (Fsp3) is 0.722. The highest BCUT2D eigenvalue weighted by molar-refractivity contribution is 7.09. The van der Waals surface area contributed by atoms with E-state index in [2.05, 4.69) is 10.3 Å². The molecule has 2 unspecified atom stereocenters. The van der Waals surface area contributed by atoms with E-state index in [-0.39, 0.29) is 23.8 Å². The standard InChI is InChI=1S/C18H27N3O2S/c1-13(22)20-16(17-19-9-11-24-17)15-8-5-10-21(12-15)18(23)14-6-3-2-4-7-14/h9,11,14-16H,2-8,10,12H2,1H3,(H,20,22). The van der Waals surface area contributed by atoms with Crippen molar-refractivity contribution in [2.24, 2.45) is 11.8 Å². The summed E-state index contributed by atoms with van der Waals surface area (Å²) in [6.45, 7) is 3.14. The maximum absolute atomic E-state index is 12.9. The predicted molar refractivity (Wildman–Crippen MR) is 94.6 cm³/mol. The smallest absolute Gasteiger partial charge is 0.225 e. The second-order valence-electron chi connectivity index (χ2n) is 7.07. The quantitative estimate of drug-likeness (QED) is 0.908. The van der Waals surface area contributed by atoms with Gasteiger partial charge in [0, 0.05) is 43.4 Å². The molecule has 1 aliphatic heterocycles. The molecule has 132 valence electrons. The van der Waals surface area contributed by atoms with Crippen molar-refractivity contribution in [1.29, 1.82) is 0 Å². The third-order valence-electron chi connectivity index (χ3n) is 5.27. The summed E-state index contributed by atoms with van der Waals surface area (Å²) >= 11 is 1.58. The summed E-state index contributed by atoms with van der Waals surface area (Å²) < 4.78 is 0. The molecule has 1 aromatic rings. The monoisotopic (exact) mass is 349 g/mol. The molecule has 1 N–H and O–H groups in total. The van der Waals surface area contributed by atoms with E-state index in [9.17, 15) is 9.59 Å². The highest BCUT2D eigenvalue weighted by atomic mass is 32.1. The average molecular weight is 350 g/mol. The molecule has 5 nitrogen and oxygen atoms in total. The molecule has 2 aliphatic rings. The van der Waals surface area contributed by atoms with Crippen LogP contribution in [0.4, 0.5) is 0 Å². The van der Waals surface area contributed by atoms with Gasteiger partial charge in [-0.1, -0.05) is 19.3 Å². The molecule has 1 aromatic heterocycles. The van der Waals surface area contributed by atoms with Gasteiger partial charge in [-0.05, 0) is 25.7 Å². The van der Waals surface area contributed by atoms with Gasteiger partial charge in [0.1, 0.15) is 5.01 Å². The first-order valence-electron chi connectivity index (χ1n) is 9.10. The van der Waals surface area contributed by atoms with Gasteiger partial charge in [0.15, 0.2) is 0 Å². The molecule has 6 heteroatoms. The Kier molecular flexibility index (Phi) is 5.87. The Balaban J connectivity index is 1.68. The van der Waals surface area contributed by atoms with Gasteiger partial charge in [0.2, 0.25) is 11.8 Å². The molecule has 2 amide bonds. The van der Waals surface area contributed by atoms with Gasteiger partial charge in [-0.15, -0.1) is 11.3 Å². The third-order valence-corrected chi connectivity index (χ3v) is 6.13. The van der Waals surface area contributed by atoms with Crippen LogP contribution >= 0.6 is 11.3 Å². The van der Waals surface area contributed by atoms with Crippen LogP contribution in [-0.4, -0.2) is 34.8 Å². The van der Waals surface area contributed by atoms with Crippen LogP contribution in [0, 0.1) is 11.8 Å². The summed E-state index contributed by atoms with van der Waals surface area (Å²) in [5, 5.41) is 5.95. The lowest BCUT2D eigenvalue weighted by atomic mass is 9.86. The molecular weight excluding hydrogens is 322 g/mol. The zero-order valence-corrected chi connectivity index (χ0v) is 15.2. The topological polar surface area (TPSA) is 62.3 Å². The van der Waals surface area contributed by atoms with Crippen molar-refractivity contribution in [1.82, 2.24) is 15.2 Å². The number of thiazole rings is 1. The first-order valence-corrected chi connectivity index (χ1v) is 9.98. The first-order chi connectivity index (χ1) is 11.6. The number of piperidine rings is 1. The van der Waals surface area contributed by atoms with Crippen LogP contribution in [0.25, 0.3) is 0 Å². The first kappa shape index (κ1) is 17.4. The molecule has 0 radical (unpaired) electrons. The zero-order valence-electron chi connectivity index (χ0n) is 14.4. The maximum atomic E-state index is 12.9. The minimum absolute atomic E-state index is 0.0362. The Morgan fingerprint density at radius 2 is 2.04 bits per heavy atom. The number of amides is 2. The van der Waals surface area contributed by atoms with Gasteiger partial charge in [-0.2, -0.15) is 0 Å². The van der Waals surface area contributed by atoms with E-state index in [1.165, 1.54) is 19.3 Å². The van der Waals surface area contributed by atoms with E-state index in [4.69, 9.17) is 0 Å². The van der Waals surface area contributed by atoms with Crippen molar-refractivity contribution >= 4 is 23.2 Å². The van der Waals surface area contributed by atoms with Crippen molar-refractivity contribution < 1.29 is 9.59 Å². The molecule has 2 fully saturated rings. The maximum Gasteiger partial charge on any atom is 0.225 e.